The van der Waals surface area contributed by atoms with E-state index in [9.17, 15) is 4.79 Å². The highest BCUT2D eigenvalue weighted by atomic mass is 16.5. The monoisotopic (exact) mass is 450 g/mol. The number of amides is 1. The quantitative estimate of drug-likeness (QED) is 0.532. The zero-order valence-electron chi connectivity index (χ0n) is 18.8. The lowest BCUT2D eigenvalue weighted by Gasteiger charge is -2.32. The summed E-state index contributed by atoms with van der Waals surface area (Å²) in [7, 11) is 0. The summed E-state index contributed by atoms with van der Waals surface area (Å²) in [6.07, 6.45) is 5.79. The van der Waals surface area contributed by atoms with Gasteiger partial charge in [0.1, 0.15) is 0 Å². The first-order valence-electron chi connectivity index (χ1n) is 11.1. The van der Waals surface area contributed by atoms with Gasteiger partial charge >= 0.3 is 0 Å². The molecule has 0 spiro atoms. The minimum Gasteiger partial charge on any atom is -0.483 e. The first kappa shape index (κ1) is 24.1. The van der Waals surface area contributed by atoms with E-state index in [1.54, 1.807) is 6.20 Å². The van der Waals surface area contributed by atoms with E-state index >= 15 is 0 Å². The average molecular weight is 451 g/mol. The molecule has 2 N–H and O–H groups in total. The number of aromatic nitrogens is 2. The highest BCUT2D eigenvalue weighted by molar-refractivity contribution is 6.05. The van der Waals surface area contributed by atoms with Crippen molar-refractivity contribution in [3.8, 4) is 5.88 Å². The van der Waals surface area contributed by atoms with Gasteiger partial charge in [0, 0.05) is 36.9 Å². The van der Waals surface area contributed by atoms with E-state index in [0.29, 0.717) is 30.5 Å². The van der Waals surface area contributed by atoms with Crippen LogP contribution in [0.3, 0.4) is 0 Å². The number of carbonyl (C=O) groups excluding carboxylic acids is 1. The molecular weight excluding hydrogens is 420 g/mol. The number of piperidine rings is 1. The van der Waals surface area contributed by atoms with Gasteiger partial charge in [-0.15, -0.1) is 0 Å². The van der Waals surface area contributed by atoms with E-state index < -0.39 is 0 Å². The van der Waals surface area contributed by atoms with Crippen LogP contribution >= 0.6 is 0 Å². The van der Waals surface area contributed by atoms with Crippen LogP contribution in [0.5, 0.6) is 5.88 Å². The van der Waals surface area contributed by atoms with Crippen molar-refractivity contribution in [1.29, 1.82) is 0 Å². The van der Waals surface area contributed by atoms with Crippen LogP contribution in [0.15, 0.2) is 54.9 Å². The number of carbonyl (C=O) groups is 2. The molecule has 4 rings (SSSR count). The van der Waals surface area contributed by atoms with Crippen molar-refractivity contribution in [3.63, 3.8) is 0 Å². The zero-order valence-corrected chi connectivity index (χ0v) is 18.8. The van der Waals surface area contributed by atoms with Gasteiger partial charge in [-0.05, 0) is 56.5 Å². The van der Waals surface area contributed by atoms with Gasteiger partial charge in [0.25, 0.3) is 12.4 Å². The molecule has 0 bridgehead atoms. The Kier molecular flexibility index (Phi) is 9.14. The van der Waals surface area contributed by atoms with Crippen LogP contribution in [0.1, 0.15) is 35.7 Å². The summed E-state index contributed by atoms with van der Waals surface area (Å²) in [6.45, 7) is 6.02. The minimum atomic E-state index is -0.250. The van der Waals surface area contributed by atoms with Crippen LogP contribution < -0.4 is 10.1 Å². The Balaban J connectivity index is 0.000000968. The van der Waals surface area contributed by atoms with Gasteiger partial charge in [0.15, 0.2) is 0 Å². The second-order valence-corrected chi connectivity index (χ2v) is 7.85. The normalized spacial score (nSPS) is 14.2. The lowest BCUT2D eigenvalue weighted by atomic mass is 9.96. The van der Waals surface area contributed by atoms with Crippen LogP contribution in [0.4, 0.5) is 0 Å². The molecule has 1 aliphatic heterocycles. The number of para-hydroxylation sites is 1. The number of fused-ring (bicyclic) bond motifs is 1. The molecule has 1 fully saturated rings. The first-order chi connectivity index (χ1) is 16.1. The Hall–Kier alpha value is -3.52. The van der Waals surface area contributed by atoms with Crippen molar-refractivity contribution in [3.05, 3.63) is 66.0 Å². The molecule has 1 aliphatic rings. The summed E-state index contributed by atoms with van der Waals surface area (Å²) in [5.41, 5.74) is 2.61. The molecule has 0 saturated carbocycles. The van der Waals surface area contributed by atoms with Gasteiger partial charge in [0.2, 0.25) is 5.88 Å². The maximum atomic E-state index is 12.7. The Bertz CT molecular complexity index is 1030. The molecule has 33 heavy (non-hydrogen) atoms. The van der Waals surface area contributed by atoms with Gasteiger partial charge in [-0.3, -0.25) is 19.5 Å². The molecule has 1 aromatic carbocycles. The van der Waals surface area contributed by atoms with Crippen molar-refractivity contribution >= 4 is 23.3 Å². The fraction of sp³-hybridized carbons (Fsp3) is 0.360. The number of carboxylic acid groups (broad SMARTS) is 1. The summed E-state index contributed by atoms with van der Waals surface area (Å²) in [5, 5.41) is 11.0. The van der Waals surface area contributed by atoms with E-state index in [1.165, 1.54) is 5.56 Å². The highest BCUT2D eigenvalue weighted by Crippen LogP contribution is 2.20. The SMILES string of the molecule is CCOc1ccc(CN2CCC(CNC(=O)c3cccc4cccnc34)CC2)cn1.O=CO. The average Bonchev–Trinajstić information content (AvgIpc) is 2.85. The maximum Gasteiger partial charge on any atom is 0.290 e. The molecule has 2 aromatic heterocycles. The lowest BCUT2D eigenvalue weighted by molar-refractivity contribution is -0.122. The number of pyridine rings is 2. The fourth-order valence-electron chi connectivity index (χ4n) is 3.96. The second kappa shape index (κ2) is 12.5. The van der Waals surface area contributed by atoms with Crippen LogP contribution in [0, 0.1) is 5.92 Å². The van der Waals surface area contributed by atoms with Crippen molar-refractivity contribution in [2.75, 3.05) is 26.2 Å². The van der Waals surface area contributed by atoms with Crippen molar-refractivity contribution in [1.82, 2.24) is 20.2 Å². The van der Waals surface area contributed by atoms with Gasteiger partial charge in [-0.1, -0.05) is 24.3 Å². The number of ether oxygens (including phenoxy) is 1. The van der Waals surface area contributed by atoms with Gasteiger partial charge in [0.05, 0.1) is 17.7 Å². The van der Waals surface area contributed by atoms with Crippen molar-refractivity contribution < 1.29 is 19.4 Å². The Morgan fingerprint density at radius 3 is 2.64 bits per heavy atom. The topological polar surface area (TPSA) is 105 Å². The molecule has 8 nitrogen and oxygen atoms in total. The number of nitrogens with zero attached hydrogens (tertiary/aromatic N) is 3. The largest absolute Gasteiger partial charge is 0.483 e. The summed E-state index contributed by atoms with van der Waals surface area (Å²) in [6, 6.07) is 13.6. The third-order valence-corrected chi connectivity index (χ3v) is 5.63. The summed E-state index contributed by atoms with van der Waals surface area (Å²) >= 11 is 0. The maximum absolute atomic E-state index is 12.7. The summed E-state index contributed by atoms with van der Waals surface area (Å²) in [5.74, 6) is 1.14. The number of hydrogen-bond donors (Lipinski definition) is 2. The fourth-order valence-corrected chi connectivity index (χ4v) is 3.96. The third-order valence-electron chi connectivity index (χ3n) is 5.63. The van der Waals surface area contributed by atoms with Gasteiger partial charge in [-0.2, -0.15) is 0 Å². The second-order valence-electron chi connectivity index (χ2n) is 7.85. The molecule has 0 unspecified atom stereocenters. The minimum absolute atomic E-state index is 0.0396. The molecule has 1 saturated heterocycles. The van der Waals surface area contributed by atoms with Crippen LogP contribution in [0.25, 0.3) is 10.9 Å². The van der Waals surface area contributed by atoms with Crippen molar-refractivity contribution in [2.45, 2.75) is 26.3 Å². The highest BCUT2D eigenvalue weighted by Gasteiger charge is 2.20. The number of hydrogen-bond acceptors (Lipinski definition) is 6. The van der Waals surface area contributed by atoms with Crippen LogP contribution in [-0.2, 0) is 11.3 Å². The predicted molar refractivity (Wildman–Crippen MR) is 126 cm³/mol. The standard InChI is InChI=1S/C24H28N4O2.CH2O2/c1-2-30-22-9-8-19(16-26-22)17-28-13-10-18(11-14-28)15-27-24(29)21-7-3-5-20-6-4-12-25-23(20)21;2-1-3/h3-9,12,16,18H,2,10-11,13-15,17H2,1H3,(H,27,29);1H,(H,2,3). The van der Waals surface area contributed by atoms with E-state index in [1.807, 2.05) is 49.5 Å². The molecule has 1 amide bonds. The van der Waals surface area contributed by atoms with E-state index in [-0.39, 0.29) is 12.4 Å². The smallest absolute Gasteiger partial charge is 0.290 e. The first-order valence-corrected chi connectivity index (χ1v) is 11.1. The Morgan fingerprint density at radius 1 is 1.18 bits per heavy atom. The number of benzene rings is 1. The van der Waals surface area contributed by atoms with Gasteiger partial charge < -0.3 is 15.2 Å². The van der Waals surface area contributed by atoms with E-state index in [2.05, 4.69) is 26.3 Å². The molecule has 0 atom stereocenters. The lowest BCUT2D eigenvalue weighted by Crippen LogP contribution is -2.38. The number of likely N-dealkylation sites (tertiary alicyclic amines) is 1. The molecule has 0 radical (unpaired) electrons. The molecule has 3 heterocycles. The molecule has 8 heteroatoms. The number of rotatable bonds is 7. The van der Waals surface area contributed by atoms with Crippen LogP contribution in [0.2, 0.25) is 0 Å². The molecular formula is C25H30N4O4. The van der Waals surface area contributed by atoms with Crippen molar-refractivity contribution in [2.24, 2.45) is 5.92 Å². The summed E-state index contributed by atoms with van der Waals surface area (Å²) < 4.78 is 5.40. The Labute approximate surface area is 193 Å². The third kappa shape index (κ3) is 6.98. The summed E-state index contributed by atoms with van der Waals surface area (Å²) in [4.78, 5) is 32.2. The molecule has 174 valence electrons. The zero-order chi connectivity index (χ0) is 23.5. The molecule has 0 aliphatic carbocycles. The van der Waals surface area contributed by atoms with E-state index in [4.69, 9.17) is 14.6 Å². The number of nitrogens with one attached hydrogen (secondary N) is 1. The Morgan fingerprint density at radius 2 is 1.94 bits per heavy atom. The predicted octanol–water partition coefficient (Wildman–Crippen LogP) is 3.37. The van der Waals surface area contributed by atoms with E-state index in [0.717, 1.165) is 43.4 Å². The molecule has 3 aromatic rings. The van der Waals surface area contributed by atoms with Gasteiger partial charge in [-0.25, -0.2) is 4.98 Å². The van der Waals surface area contributed by atoms with Crippen LogP contribution in [-0.4, -0.2) is 58.6 Å².